The molecule has 252 valence electrons. The predicted octanol–water partition coefficient (Wildman–Crippen LogP) is 5.80. The Morgan fingerprint density at radius 2 is 1.21 bits per heavy atom. The second-order valence-electron chi connectivity index (χ2n) is 11.3. The van der Waals surface area contributed by atoms with Crippen molar-refractivity contribution in [1.82, 2.24) is 9.97 Å². The minimum atomic E-state index is -0.632. The lowest BCUT2D eigenvalue weighted by Gasteiger charge is -2.28. The molecule has 1 saturated carbocycles. The van der Waals surface area contributed by atoms with Crippen molar-refractivity contribution < 1.29 is 42.8 Å². The zero-order valence-electron chi connectivity index (χ0n) is 27.5. The van der Waals surface area contributed by atoms with Crippen LogP contribution in [0.1, 0.15) is 37.2 Å². The molecule has 0 bridgehead atoms. The lowest BCUT2D eigenvalue weighted by atomic mass is 9.84. The molecule has 2 aromatic carbocycles. The summed E-state index contributed by atoms with van der Waals surface area (Å²) < 4.78 is 31.6. The second-order valence-corrected chi connectivity index (χ2v) is 11.3. The first-order chi connectivity index (χ1) is 23.1. The molecule has 11 heteroatoms. The first-order valence-electron chi connectivity index (χ1n) is 15.4. The second kappa shape index (κ2) is 17.3. The first kappa shape index (κ1) is 35.9. The molecule has 1 fully saturated rings. The Morgan fingerprint density at radius 3 is 1.77 bits per heavy atom. The zero-order valence-corrected chi connectivity index (χ0v) is 27.5. The Labute approximate surface area is 280 Å². The zero-order chi connectivity index (χ0) is 34.6. The van der Waals surface area contributed by atoms with Gasteiger partial charge in [0, 0.05) is 33.7 Å². The highest BCUT2D eigenvalue weighted by atomic mass is 16.6. The summed E-state index contributed by atoms with van der Waals surface area (Å²) in [6.45, 7) is 11.4. The van der Waals surface area contributed by atoms with Crippen molar-refractivity contribution in [3.05, 3.63) is 96.9 Å². The number of aromatic nitrogens is 2. The average molecular weight is 657 g/mol. The monoisotopic (exact) mass is 656 g/mol. The van der Waals surface area contributed by atoms with E-state index in [9.17, 15) is 14.4 Å². The van der Waals surface area contributed by atoms with E-state index in [1.54, 1.807) is 48.8 Å². The molecule has 0 unspecified atom stereocenters. The number of ether oxygens (including phenoxy) is 6. The fourth-order valence-electron chi connectivity index (χ4n) is 5.18. The molecule has 0 spiro atoms. The van der Waals surface area contributed by atoms with Gasteiger partial charge in [-0.15, -0.1) is 0 Å². The van der Waals surface area contributed by atoms with Gasteiger partial charge in [0.05, 0.1) is 42.1 Å². The van der Waals surface area contributed by atoms with Crippen molar-refractivity contribution in [2.24, 2.45) is 0 Å². The van der Waals surface area contributed by atoms with E-state index in [0.29, 0.717) is 35.6 Å². The summed E-state index contributed by atoms with van der Waals surface area (Å²) in [4.78, 5) is 46.5. The number of benzene rings is 2. The van der Waals surface area contributed by atoms with E-state index in [0.717, 1.165) is 29.5 Å². The van der Waals surface area contributed by atoms with E-state index in [-0.39, 0.29) is 48.7 Å². The molecule has 0 radical (unpaired) electrons. The first-order valence-corrected chi connectivity index (χ1v) is 15.4. The molecule has 0 aliphatic heterocycles. The fourth-order valence-corrected chi connectivity index (χ4v) is 5.18. The molecular formula is C37H40N2O9. The largest absolute Gasteiger partial charge is 0.459 e. The van der Waals surface area contributed by atoms with Crippen molar-refractivity contribution in [1.29, 1.82) is 0 Å². The van der Waals surface area contributed by atoms with Crippen molar-refractivity contribution in [2.75, 3.05) is 41.2 Å². The minimum Gasteiger partial charge on any atom is -0.459 e. The van der Waals surface area contributed by atoms with Gasteiger partial charge in [-0.25, -0.2) is 24.4 Å². The highest BCUT2D eigenvalue weighted by molar-refractivity contribution is 5.91. The molecule has 0 N–H and O–H groups in total. The number of methoxy groups -OCH3 is 3. The maximum atomic E-state index is 12.7. The molecule has 4 rings (SSSR count). The highest BCUT2D eigenvalue weighted by Gasteiger charge is 2.26. The summed E-state index contributed by atoms with van der Waals surface area (Å²) in [6, 6.07) is 12.3. The van der Waals surface area contributed by atoms with Crippen LogP contribution in [0.2, 0.25) is 0 Å². The molecule has 0 saturated heterocycles. The van der Waals surface area contributed by atoms with Gasteiger partial charge in [-0.05, 0) is 72.6 Å². The van der Waals surface area contributed by atoms with Crippen molar-refractivity contribution in [3.63, 3.8) is 0 Å². The Balaban J connectivity index is 1.53. The van der Waals surface area contributed by atoms with E-state index in [1.807, 2.05) is 6.07 Å². The minimum absolute atomic E-state index is 0.0243. The quantitative estimate of drug-likeness (QED) is 0.112. The number of hydrogen-bond donors (Lipinski definition) is 0. The molecule has 0 amide bonds. The summed E-state index contributed by atoms with van der Waals surface area (Å²) in [5.74, 6) is -0.458. The fraction of sp³-hybridized carbons (Fsp3) is 0.324. The van der Waals surface area contributed by atoms with Gasteiger partial charge < -0.3 is 28.4 Å². The Bertz CT molecular complexity index is 1640. The molecule has 1 aromatic heterocycles. The molecule has 1 aliphatic rings. The maximum absolute atomic E-state index is 12.7. The Kier molecular flexibility index (Phi) is 12.9. The van der Waals surface area contributed by atoms with Crippen LogP contribution in [0, 0.1) is 0 Å². The molecular weight excluding hydrogens is 616 g/mol. The summed E-state index contributed by atoms with van der Waals surface area (Å²) in [7, 11) is 4.45. The van der Waals surface area contributed by atoms with Crippen LogP contribution in [0.15, 0.2) is 91.3 Å². The van der Waals surface area contributed by atoms with Crippen molar-refractivity contribution >= 4 is 17.9 Å². The van der Waals surface area contributed by atoms with Crippen molar-refractivity contribution in [2.45, 2.75) is 37.7 Å². The van der Waals surface area contributed by atoms with Gasteiger partial charge in [-0.3, -0.25) is 0 Å². The SMILES string of the molecule is C=C(COC)C(=O)Oc1ccc(-c2ccc(OC(=O)C(=C)COC)c(-c3ncc(C4CCC(OC(=O)C(=C)COC)CC4)cn3)c2)cc1. The molecule has 1 heterocycles. The van der Waals surface area contributed by atoms with Gasteiger partial charge >= 0.3 is 17.9 Å². The predicted molar refractivity (Wildman–Crippen MR) is 178 cm³/mol. The third kappa shape index (κ3) is 9.54. The van der Waals surface area contributed by atoms with Gasteiger partial charge in [0.15, 0.2) is 5.82 Å². The lowest BCUT2D eigenvalue weighted by Crippen LogP contribution is -2.25. The molecule has 3 aromatic rings. The van der Waals surface area contributed by atoms with Crippen molar-refractivity contribution in [3.8, 4) is 34.0 Å². The normalized spacial score (nSPS) is 15.6. The van der Waals surface area contributed by atoms with Gasteiger partial charge in [0.1, 0.15) is 17.6 Å². The third-order valence-electron chi connectivity index (χ3n) is 7.73. The van der Waals surface area contributed by atoms with Crippen LogP contribution in [-0.4, -0.2) is 75.1 Å². The van der Waals surface area contributed by atoms with Crippen LogP contribution in [0.25, 0.3) is 22.5 Å². The van der Waals surface area contributed by atoms with Gasteiger partial charge in [-0.1, -0.05) is 37.9 Å². The van der Waals surface area contributed by atoms with Crippen LogP contribution in [-0.2, 0) is 33.3 Å². The van der Waals surface area contributed by atoms with E-state index in [1.165, 1.54) is 21.3 Å². The Hall–Kier alpha value is -4.97. The molecule has 48 heavy (non-hydrogen) atoms. The van der Waals surface area contributed by atoms with E-state index < -0.39 is 17.9 Å². The summed E-state index contributed by atoms with van der Waals surface area (Å²) in [6.07, 6.45) is 6.43. The van der Waals surface area contributed by atoms with Gasteiger partial charge in [0.25, 0.3) is 0 Å². The standard InChI is InChI=1S/C37H40N2O9/c1-23(20-43-4)35(40)46-30-12-7-26(8-13-30)28-11-16-33(48-37(42)25(3)22-45-6)32(17-28)34-38-18-29(19-39-34)27-9-14-31(15-10-27)47-36(41)24(2)21-44-5/h7-8,11-13,16-19,27,31H,1-3,9-10,14-15,20-22H2,4-6H3. The number of hydrogen-bond acceptors (Lipinski definition) is 11. The summed E-state index contributed by atoms with van der Waals surface area (Å²) >= 11 is 0. The number of nitrogens with zero attached hydrogens (tertiary/aromatic N) is 2. The lowest BCUT2D eigenvalue weighted by molar-refractivity contribution is -0.146. The smallest absolute Gasteiger partial charge is 0.341 e. The maximum Gasteiger partial charge on any atom is 0.341 e. The summed E-state index contributed by atoms with van der Waals surface area (Å²) in [5.41, 5.74) is 3.72. The number of rotatable bonds is 15. The molecule has 1 aliphatic carbocycles. The molecule has 11 nitrogen and oxygen atoms in total. The number of carbonyl (C=O) groups excluding carboxylic acids is 3. The van der Waals surface area contributed by atoms with E-state index >= 15 is 0 Å². The number of carbonyl (C=O) groups is 3. The number of esters is 3. The van der Waals surface area contributed by atoms with Crippen LogP contribution < -0.4 is 9.47 Å². The third-order valence-corrected chi connectivity index (χ3v) is 7.73. The van der Waals surface area contributed by atoms with Crippen LogP contribution >= 0.6 is 0 Å². The average Bonchev–Trinajstić information content (AvgIpc) is 3.09. The highest BCUT2D eigenvalue weighted by Crippen LogP contribution is 2.36. The van der Waals surface area contributed by atoms with Crippen LogP contribution in [0.4, 0.5) is 0 Å². The van der Waals surface area contributed by atoms with E-state index in [2.05, 4.69) is 29.7 Å². The van der Waals surface area contributed by atoms with Gasteiger partial charge in [0.2, 0.25) is 0 Å². The van der Waals surface area contributed by atoms with Crippen LogP contribution in [0.5, 0.6) is 11.5 Å². The van der Waals surface area contributed by atoms with Gasteiger partial charge in [-0.2, -0.15) is 0 Å². The summed E-state index contributed by atoms with van der Waals surface area (Å²) in [5, 5.41) is 0. The Morgan fingerprint density at radius 1 is 0.688 bits per heavy atom. The van der Waals surface area contributed by atoms with Crippen LogP contribution in [0.3, 0.4) is 0 Å². The topological polar surface area (TPSA) is 132 Å². The van der Waals surface area contributed by atoms with E-state index in [4.69, 9.17) is 28.4 Å². The molecule has 0 atom stereocenters.